The van der Waals surface area contributed by atoms with E-state index in [2.05, 4.69) is 15.9 Å². The molecule has 0 bridgehead atoms. The summed E-state index contributed by atoms with van der Waals surface area (Å²) in [5, 5.41) is 0. The second-order valence-corrected chi connectivity index (χ2v) is 4.78. The number of carbonyl (C=O) groups excluding carboxylic acids is 1. The summed E-state index contributed by atoms with van der Waals surface area (Å²) in [5.74, 6) is 3.32. The van der Waals surface area contributed by atoms with Gasteiger partial charge in [0.05, 0.1) is 11.1 Å². The van der Waals surface area contributed by atoms with Crippen LogP contribution in [0.15, 0.2) is 16.6 Å². The maximum absolute atomic E-state index is 13.4. The van der Waals surface area contributed by atoms with E-state index < -0.39 is 11.6 Å². The lowest BCUT2D eigenvalue weighted by Crippen LogP contribution is -2.29. The normalized spacial score (nSPS) is 10.3. The number of ether oxygens (including phenoxy) is 1. The van der Waals surface area contributed by atoms with Gasteiger partial charge in [0.15, 0.2) is 11.6 Å². The number of carbonyl (C=O) groups is 1. The van der Waals surface area contributed by atoms with E-state index in [-0.39, 0.29) is 16.1 Å². The Hall–Kier alpha value is -1.21. The predicted octanol–water partition coefficient (Wildman–Crippen LogP) is 2.66. The quantitative estimate of drug-likeness (QED) is 0.348. The molecule has 7 heteroatoms. The summed E-state index contributed by atoms with van der Waals surface area (Å²) in [7, 11) is 0. The molecule has 19 heavy (non-hydrogen) atoms. The summed E-state index contributed by atoms with van der Waals surface area (Å²) in [5.41, 5.74) is 2.04. The highest BCUT2D eigenvalue weighted by atomic mass is 79.9. The first-order chi connectivity index (χ1) is 9.04. The van der Waals surface area contributed by atoms with E-state index in [4.69, 9.17) is 10.6 Å². The fourth-order valence-electron chi connectivity index (χ4n) is 1.48. The van der Waals surface area contributed by atoms with Crippen LogP contribution in [0.5, 0.6) is 5.75 Å². The Morgan fingerprint density at radius 1 is 1.32 bits per heavy atom. The molecule has 1 amide bonds. The molecule has 0 aliphatic carbocycles. The number of hydrogen-bond donors (Lipinski definition) is 2. The molecule has 0 radical (unpaired) electrons. The number of benzene rings is 1. The molecular formula is C12H15BrF2N2O2. The zero-order valence-corrected chi connectivity index (χ0v) is 11.8. The van der Waals surface area contributed by atoms with Gasteiger partial charge >= 0.3 is 0 Å². The Morgan fingerprint density at radius 2 is 2.05 bits per heavy atom. The van der Waals surface area contributed by atoms with Crippen molar-refractivity contribution in [3.8, 4) is 5.75 Å². The van der Waals surface area contributed by atoms with Gasteiger partial charge in [0, 0.05) is 12.5 Å². The van der Waals surface area contributed by atoms with Crippen LogP contribution in [0.3, 0.4) is 0 Å². The van der Waals surface area contributed by atoms with Crippen molar-refractivity contribution in [1.82, 2.24) is 5.43 Å². The monoisotopic (exact) mass is 336 g/mol. The minimum absolute atomic E-state index is 0.00102. The molecule has 1 rings (SSSR count). The zero-order chi connectivity index (χ0) is 14.3. The van der Waals surface area contributed by atoms with Crippen LogP contribution in [0.25, 0.3) is 0 Å². The van der Waals surface area contributed by atoms with Gasteiger partial charge in [0.2, 0.25) is 5.91 Å². The van der Waals surface area contributed by atoms with E-state index >= 15 is 0 Å². The van der Waals surface area contributed by atoms with Crippen molar-refractivity contribution in [2.45, 2.75) is 25.7 Å². The fraction of sp³-hybridized carbons (Fsp3) is 0.417. The smallest absolute Gasteiger partial charge is 0.233 e. The van der Waals surface area contributed by atoms with E-state index in [1.54, 1.807) is 0 Å². The third-order valence-corrected chi connectivity index (χ3v) is 3.01. The van der Waals surface area contributed by atoms with Crippen molar-refractivity contribution in [1.29, 1.82) is 0 Å². The van der Waals surface area contributed by atoms with Gasteiger partial charge in [-0.25, -0.2) is 14.6 Å². The van der Waals surface area contributed by atoms with E-state index in [1.807, 2.05) is 5.43 Å². The molecule has 0 spiro atoms. The van der Waals surface area contributed by atoms with Crippen LogP contribution < -0.4 is 16.0 Å². The first kappa shape index (κ1) is 15.8. The third-order valence-electron chi connectivity index (χ3n) is 2.42. The van der Waals surface area contributed by atoms with Gasteiger partial charge < -0.3 is 4.74 Å². The molecule has 0 saturated heterocycles. The molecule has 0 heterocycles. The molecule has 1 aromatic rings. The van der Waals surface area contributed by atoms with Crippen molar-refractivity contribution in [2.24, 2.45) is 5.84 Å². The zero-order valence-electron chi connectivity index (χ0n) is 10.2. The first-order valence-electron chi connectivity index (χ1n) is 5.81. The molecule has 0 unspecified atom stereocenters. The lowest BCUT2D eigenvalue weighted by atomic mass is 10.2. The number of halogens is 3. The summed E-state index contributed by atoms with van der Waals surface area (Å²) in [6.45, 7) is 0.297. The van der Waals surface area contributed by atoms with E-state index in [0.717, 1.165) is 18.6 Å². The molecule has 0 aliphatic rings. The van der Waals surface area contributed by atoms with Gasteiger partial charge in [-0.05, 0) is 41.3 Å². The van der Waals surface area contributed by atoms with E-state index in [1.165, 1.54) is 0 Å². The first-order valence-corrected chi connectivity index (χ1v) is 6.60. The van der Waals surface area contributed by atoms with Gasteiger partial charge in [-0.15, -0.1) is 0 Å². The highest BCUT2D eigenvalue weighted by Gasteiger charge is 2.10. The molecule has 3 N–H and O–H groups in total. The summed E-state index contributed by atoms with van der Waals surface area (Å²) < 4.78 is 31.7. The van der Waals surface area contributed by atoms with Crippen molar-refractivity contribution >= 4 is 21.8 Å². The Bertz CT molecular complexity index is 421. The van der Waals surface area contributed by atoms with Crippen LogP contribution >= 0.6 is 15.9 Å². The second-order valence-electron chi connectivity index (χ2n) is 3.93. The number of nitrogens with one attached hydrogen (secondary N) is 1. The highest BCUT2D eigenvalue weighted by Crippen LogP contribution is 2.29. The van der Waals surface area contributed by atoms with E-state index in [0.29, 0.717) is 25.9 Å². The molecule has 0 aliphatic heterocycles. The molecule has 106 valence electrons. The standard InChI is InChI=1S/C12H15BrF2N2O2/c13-9-6-8(14)7-10(15)12(9)19-5-3-1-2-4-11(18)17-16/h6-7H,1-5,16H2,(H,17,18). The number of unbranched alkanes of at least 4 members (excludes halogenated alkanes) is 2. The van der Waals surface area contributed by atoms with Crippen molar-refractivity contribution in [3.05, 3.63) is 28.2 Å². The number of rotatable bonds is 7. The Labute approximate surface area is 118 Å². The Morgan fingerprint density at radius 3 is 2.68 bits per heavy atom. The minimum Gasteiger partial charge on any atom is -0.489 e. The maximum atomic E-state index is 13.4. The average molecular weight is 337 g/mol. The van der Waals surface area contributed by atoms with Crippen LogP contribution in [0, 0.1) is 11.6 Å². The Balaban J connectivity index is 2.28. The number of hydrogen-bond acceptors (Lipinski definition) is 3. The summed E-state index contributed by atoms with van der Waals surface area (Å²) >= 11 is 3.04. The van der Waals surface area contributed by atoms with Crippen molar-refractivity contribution in [2.75, 3.05) is 6.61 Å². The van der Waals surface area contributed by atoms with Crippen LogP contribution in [-0.4, -0.2) is 12.5 Å². The van der Waals surface area contributed by atoms with Gasteiger partial charge in [-0.3, -0.25) is 10.2 Å². The molecule has 0 saturated carbocycles. The average Bonchev–Trinajstić information content (AvgIpc) is 2.35. The molecule has 0 aromatic heterocycles. The van der Waals surface area contributed by atoms with Crippen LogP contribution in [0.1, 0.15) is 25.7 Å². The number of hydrazine groups is 1. The van der Waals surface area contributed by atoms with Crippen molar-refractivity contribution in [3.63, 3.8) is 0 Å². The fourth-order valence-corrected chi connectivity index (χ4v) is 2.00. The molecule has 0 fully saturated rings. The minimum atomic E-state index is -0.741. The SMILES string of the molecule is NNC(=O)CCCCCOc1c(F)cc(F)cc1Br. The van der Waals surface area contributed by atoms with Gasteiger partial charge in [0.25, 0.3) is 0 Å². The third kappa shape index (κ3) is 5.52. The van der Waals surface area contributed by atoms with Crippen molar-refractivity contribution < 1.29 is 18.3 Å². The summed E-state index contributed by atoms with van der Waals surface area (Å²) in [4.78, 5) is 10.8. The molecule has 4 nitrogen and oxygen atoms in total. The van der Waals surface area contributed by atoms with Gasteiger partial charge in [0.1, 0.15) is 5.82 Å². The highest BCUT2D eigenvalue weighted by molar-refractivity contribution is 9.10. The lowest BCUT2D eigenvalue weighted by Gasteiger charge is -2.09. The van der Waals surface area contributed by atoms with Crippen LogP contribution in [0.2, 0.25) is 0 Å². The maximum Gasteiger partial charge on any atom is 0.233 e. The summed E-state index contributed by atoms with van der Waals surface area (Å²) in [6.07, 6.45) is 2.46. The van der Waals surface area contributed by atoms with Gasteiger partial charge in [-0.1, -0.05) is 0 Å². The van der Waals surface area contributed by atoms with Crippen LogP contribution in [0.4, 0.5) is 8.78 Å². The molecule has 1 aromatic carbocycles. The number of amides is 1. The van der Waals surface area contributed by atoms with Crippen LogP contribution in [-0.2, 0) is 4.79 Å². The lowest BCUT2D eigenvalue weighted by molar-refractivity contribution is -0.121. The summed E-state index contributed by atoms with van der Waals surface area (Å²) in [6, 6.07) is 1.91. The topological polar surface area (TPSA) is 64.3 Å². The second kappa shape index (κ2) is 8.06. The molecular weight excluding hydrogens is 322 g/mol. The van der Waals surface area contributed by atoms with E-state index in [9.17, 15) is 13.6 Å². The predicted molar refractivity (Wildman–Crippen MR) is 70.4 cm³/mol. The Kier molecular flexibility index (Phi) is 6.72. The molecule has 0 atom stereocenters. The largest absolute Gasteiger partial charge is 0.489 e. The van der Waals surface area contributed by atoms with Gasteiger partial charge in [-0.2, -0.15) is 0 Å². The number of nitrogens with two attached hydrogens (primary N) is 1.